The Bertz CT molecular complexity index is 1190. The Balaban J connectivity index is 1.46. The van der Waals surface area contributed by atoms with Gasteiger partial charge in [-0.3, -0.25) is 4.79 Å². The van der Waals surface area contributed by atoms with Crippen LogP contribution < -0.4 is 5.32 Å². The molecule has 0 bridgehead atoms. The summed E-state index contributed by atoms with van der Waals surface area (Å²) in [5.74, 6) is -1.08. The maximum atomic E-state index is 13.8. The van der Waals surface area contributed by atoms with Crippen molar-refractivity contribution in [3.8, 4) is 0 Å². The third-order valence-corrected chi connectivity index (χ3v) is 7.52. The lowest BCUT2D eigenvalue weighted by Crippen LogP contribution is -2.45. The van der Waals surface area contributed by atoms with Crippen LogP contribution in [-0.2, 0) is 28.4 Å². The molecule has 3 aromatic rings. The topological polar surface area (TPSA) is 71.4 Å². The Morgan fingerprint density at radius 3 is 2.80 bits per heavy atom. The fourth-order valence-corrected chi connectivity index (χ4v) is 5.47. The lowest BCUT2D eigenvalue weighted by Gasteiger charge is -2.31. The zero-order chi connectivity index (χ0) is 21.3. The van der Waals surface area contributed by atoms with Crippen LogP contribution in [0.15, 0.2) is 59.6 Å². The van der Waals surface area contributed by atoms with Gasteiger partial charge in [-0.05, 0) is 43.2 Å². The van der Waals surface area contributed by atoms with Crippen LogP contribution in [0.3, 0.4) is 0 Å². The van der Waals surface area contributed by atoms with Crippen molar-refractivity contribution in [2.75, 3.05) is 13.1 Å². The van der Waals surface area contributed by atoms with Crippen molar-refractivity contribution in [1.82, 2.24) is 14.2 Å². The third-order valence-electron chi connectivity index (χ3n) is 5.66. The number of carbonyl (C=O) groups excluding carboxylic acids is 1. The molecule has 4 rings (SSSR count). The molecule has 0 radical (unpaired) electrons. The minimum atomic E-state index is -3.70. The van der Waals surface area contributed by atoms with Crippen LogP contribution in [-0.4, -0.2) is 36.3 Å². The number of sulfonamides is 1. The van der Waals surface area contributed by atoms with E-state index in [1.54, 1.807) is 36.4 Å². The first-order chi connectivity index (χ1) is 14.4. The van der Waals surface area contributed by atoms with Gasteiger partial charge in [0.25, 0.3) is 0 Å². The summed E-state index contributed by atoms with van der Waals surface area (Å²) in [6.45, 7) is 0.587. The van der Waals surface area contributed by atoms with Crippen LogP contribution in [0.5, 0.6) is 0 Å². The second-order valence-electron chi connectivity index (χ2n) is 7.66. The lowest BCUT2D eigenvalue weighted by atomic mass is 9.98. The van der Waals surface area contributed by atoms with E-state index in [-0.39, 0.29) is 29.7 Å². The summed E-state index contributed by atoms with van der Waals surface area (Å²) in [7, 11) is -1.79. The molecule has 1 amide bonds. The maximum Gasteiger partial charge on any atom is 0.243 e. The molecule has 0 unspecified atom stereocenters. The van der Waals surface area contributed by atoms with Crippen molar-refractivity contribution < 1.29 is 17.6 Å². The zero-order valence-electron chi connectivity index (χ0n) is 16.7. The highest BCUT2D eigenvalue weighted by Gasteiger charge is 2.33. The number of aryl methyl sites for hydroxylation is 1. The van der Waals surface area contributed by atoms with Gasteiger partial charge in [0.15, 0.2) is 0 Å². The fourth-order valence-electron chi connectivity index (χ4n) is 3.91. The van der Waals surface area contributed by atoms with Crippen LogP contribution in [0.25, 0.3) is 10.9 Å². The molecule has 0 aliphatic carbocycles. The number of fused-ring (bicyclic) bond motifs is 1. The standard InChI is InChI=1S/C22H24FN3O3S/c1-25-12-10-16-13-19(8-9-21(16)25)30(28,29)26-11-4-6-18(15-26)22(27)24-14-17-5-2-3-7-20(17)23/h2-3,5,7-10,12-13,18H,4,6,11,14-15H2,1H3,(H,24,27)/t18-/m0/s1. The van der Waals surface area contributed by atoms with Gasteiger partial charge in [0.05, 0.1) is 10.8 Å². The number of piperidine rings is 1. The molecule has 1 fully saturated rings. The van der Waals surface area contributed by atoms with Crippen molar-refractivity contribution in [3.63, 3.8) is 0 Å². The SMILES string of the molecule is Cn1ccc2cc(S(=O)(=O)N3CCC[C@H](C(=O)NCc4ccccc4F)C3)ccc21. The Morgan fingerprint density at radius 1 is 1.20 bits per heavy atom. The van der Waals surface area contributed by atoms with E-state index in [1.807, 2.05) is 23.9 Å². The number of nitrogens with one attached hydrogen (secondary N) is 1. The molecule has 1 aliphatic heterocycles. The maximum absolute atomic E-state index is 13.8. The summed E-state index contributed by atoms with van der Waals surface area (Å²) in [6, 6.07) is 13.2. The van der Waals surface area contributed by atoms with Gasteiger partial charge in [-0.15, -0.1) is 0 Å². The number of benzene rings is 2. The van der Waals surface area contributed by atoms with Crippen molar-refractivity contribution in [1.29, 1.82) is 0 Å². The molecule has 30 heavy (non-hydrogen) atoms. The number of amides is 1. The minimum Gasteiger partial charge on any atom is -0.352 e. The van der Waals surface area contributed by atoms with E-state index >= 15 is 0 Å². The van der Waals surface area contributed by atoms with Crippen molar-refractivity contribution in [2.45, 2.75) is 24.3 Å². The average molecular weight is 430 g/mol. The molecule has 8 heteroatoms. The van der Waals surface area contributed by atoms with Gasteiger partial charge >= 0.3 is 0 Å². The predicted octanol–water partition coefficient (Wildman–Crippen LogP) is 3.03. The number of hydrogen-bond acceptors (Lipinski definition) is 3. The van der Waals surface area contributed by atoms with Crippen LogP contribution in [0.2, 0.25) is 0 Å². The van der Waals surface area contributed by atoms with E-state index in [0.717, 1.165) is 10.9 Å². The first-order valence-electron chi connectivity index (χ1n) is 9.92. The van der Waals surface area contributed by atoms with Crippen molar-refractivity contribution in [3.05, 3.63) is 66.1 Å². The summed E-state index contributed by atoms with van der Waals surface area (Å²) >= 11 is 0. The summed E-state index contributed by atoms with van der Waals surface area (Å²) < 4.78 is 43.4. The number of aromatic nitrogens is 1. The van der Waals surface area contributed by atoms with Crippen LogP contribution in [0, 0.1) is 11.7 Å². The fraction of sp³-hybridized carbons (Fsp3) is 0.318. The molecule has 158 valence electrons. The van der Waals surface area contributed by atoms with E-state index in [0.29, 0.717) is 24.9 Å². The Morgan fingerprint density at radius 2 is 2.00 bits per heavy atom. The highest BCUT2D eigenvalue weighted by molar-refractivity contribution is 7.89. The highest BCUT2D eigenvalue weighted by atomic mass is 32.2. The summed E-state index contributed by atoms with van der Waals surface area (Å²) in [5.41, 5.74) is 1.36. The van der Waals surface area contributed by atoms with Crippen molar-refractivity contribution in [2.24, 2.45) is 13.0 Å². The number of nitrogens with zero attached hydrogens (tertiary/aromatic N) is 2. The van der Waals surface area contributed by atoms with Gasteiger partial charge < -0.3 is 9.88 Å². The largest absolute Gasteiger partial charge is 0.352 e. The van der Waals surface area contributed by atoms with Crippen LogP contribution in [0.4, 0.5) is 4.39 Å². The summed E-state index contributed by atoms with van der Waals surface area (Å²) in [6.07, 6.45) is 3.09. The molecule has 2 aromatic carbocycles. The molecular formula is C22H24FN3O3S. The number of halogens is 1. The molecule has 0 saturated carbocycles. The van der Waals surface area contributed by atoms with Gasteiger partial charge in [-0.1, -0.05) is 18.2 Å². The molecule has 1 aromatic heterocycles. The smallest absolute Gasteiger partial charge is 0.243 e. The third kappa shape index (κ3) is 3.97. The Labute approximate surface area is 175 Å². The number of hydrogen-bond donors (Lipinski definition) is 1. The highest BCUT2D eigenvalue weighted by Crippen LogP contribution is 2.26. The first kappa shape index (κ1) is 20.6. The number of rotatable bonds is 5. The Hall–Kier alpha value is -2.71. The summed E-state index contributed by atoms with van der Waals surface area (Å²) in [5, 5.41) is 3.60. The predicted molar refractivity (Wildman–Crippen MR) is 113 cm³/mol. The van der Waals surface area contributed by atoms with Gasteiger partial charge in [-0.2, -0.15) is 4.31 Å². The second kappa shape index (κ2) is 8.20. The van der Waals surface area contributed by atoms with Gasteiger partial charge in [-0.25, -0.2) is 12.8 Å². The van der Waals surface area contributed by atoms with E-state index in [4.69, 9.17) is 0 Å². The molecule has 1 saturated heterocycles. The average Bonchev–Trinajstić information content (AvgIpc) is 3.13. The summed E-state index contributed by atoms with van der Waals surface area (Å²) in [4.78, 5) is 12.8. The van der Waals surface area contributed by atoms with E-state index in [2.05, 4.69) is 5.32 Å². The van der Waals surface area contributed by atoms with Gasteiger partial charge in [0.2, 0.25) is 15.9 Å². The molecule has 1 N–H and O–H groups in total. The first-order valence-corrected chi connectivity index (χ1v) is 11.4. The molecule has 1 aliphatic rings. The minimum absolute atomic E-state index is 0.0828. The van der Waals surface area contributed by atoms with Gasteiger partial charge in [0, 0.05) is 49.3 Å². The van der Waals surface area contributed by atoms with Crippen LogP contribution >= 0.6 is 0 Å². The van der Waals surface area contributed by atoms with Gasteiger partial charge in [0.1, 0.15) is 5.82 Å². The quantitative estimate of drug-likeness (QED) is 0.678. The molecule has 2 heterocycles. The van der Waals surface area contributed by atoms with Crippen LogP contribution in [0.1, 0.15) is 18.4 Å². The molecular weight excluding hydrogens is 405 g/mol. The van der Waals surface area contributed by atoms with E-state index in [9.17, 15) is 17.6 Å². The number of carbonyl (C=O) groups is 1. The van der Waals surface area contributed by atoms with Crippen molar-refractivity contribution >= 4 is 26.8 Å². The molecule has 1 atom stereocenters. The van der Waals surface area contributed by atoms with E-state index < -0.39 is 15.9 Å². The molecule has 0 spiro atoms. The molecule has 6 nitrogen and oxygen atoms in total. The lowest BCUT2D eigenvalue weighted by molar-refractivity contribution is -0.126. The monoisotopic (exact) mass is 429 g/mol. The van der Waals surface area contributed by atoms with E-state index in [1.165, 1.54) is 10.4 Å². The zero-order valence-corrected chi connectivity index (χ0v) is 17.5. The Kier molecular flexibility index (Phi) is 5.62. The second-order valence-corrected chi connectivity index (χ2v) is 9.60. The normalized spacial score (nSPS) is 17.9.